The monoisotopic (exact) mass is 278 g/mol. The topological polar surface area (TPSA) is 41.1 Å². The van der Waals surface area contributed by atoms with Crippen LogP contribution < -0.4 is 10.6 Å². The average Bonchev–Trinajstić information content (AvgIpc) is 2.43. The summed E-state index contributed by atoms with van der Waals surface area (Å²) in [5.41, 5.74) is 2.06. The quantitative estimate of drug-likeness (QED) is 0.870. The Hall–Kier alpha value is -1.00. The summed E-state index contributed by atoms with van der Waals surface area (Å²) >= 11 is 2.03. The molecule has 0 saturated carbocycles. The van der Waals surface area contributed by atoms with Crippen molar-refractivity contribution < 1.29 is 4.79 Å². The molecule has 1 saturated heterocycles. The maximum Gasteiger partial charge on any atom is 0.238 e. The van der Waals surface area contributed by atoms with Gasteiger partial charge in [0.1, 0.15) is 0 Å². The van der Waals surface area contributed by atoms with Gasteiger partial charge in [-0.3, -0.25) is 4.79 Å². The van der Waals surface area contributed by atoms with Crippen molar-refractivity contribution in [2.24, 2.45) is 0 Å². The van der Waals surface area contributed by atoms with Gasteiger partial charge in [-0.1, -0.05) is 24.1 Å². The number of hydrogen-bond acceptors (Lipinski definition) is 3. The molecule has 1 aromatic rings. The third kappa shape index (κ3) is 5.25. The van der Waals surface area contributed by atoms with Gasteiger partial charge in [0.2, 0.25) is 5.91 Å². The standard InChI is InChI=1S/C15H22N2OS/c1-12-5-7-13(8-6-12)17-15(18)11-16-10-14-4-2-3-9-19-14/h5-8,14,16H,2-4,9-11H2,1H3,(H,17,18). The van der Waals surface area contributed by atoms with Gasteiger partial charge in [0.15, 0.2) is 0 Å². The summed E-state index contributed by atoms with van der Waals surface area (Å²) in [5, 5.41) is 6.83. The Morgan fingerprint density at radius 2 is 2.11 bits per heavy atom. The highest BCUT2D eigenvalue weighted by atomic mass is 32.2. The normalized spacial score (nSPS) is 19.1. The highest BCUT2D eigenvalue weighted by molar-refractivity contribution is 7.99. The molecule has 0 aliphatic carbocycles. The van der Waals surface area contributed by atoms with E-state index >= 15 is 0 Å². The van der Waals surface area contributed by atoms with Crippen molar-refractivity contribution in [1.29, 1.82) is 0 Å². The minimum absolute atomic E-state index is 0.0321. The lowest BCUT2D eigenvalue weighted by Crippen LogP contribution is -2.33. The van der Waals surface area contributed by atoms with E-state index in [0.717, 1.165) is 12.2 Å². The number of rotatable bonds is 5. The third-order valence-electron chi connectivity index (χ3n) is 3.27. The fourth-order valence-electron chi connectivity index (χ4n) is 2.16. The van der Waals surface area contributed by atoms with E-state index in [1.165, 1.54) is 30.6 Å². The van der Waals surface area contributed by atoms with Crippen molar-refractivity contribution in [3.63, 3.8) is 0 Å². The van der Waals surface area contributed by atoms with Gasteiger partial charge < -0.3 is 10.6 Å². The molecule has 1 aromatic carbocycles. The van der Waals surface area contributed by atoms with Gasteiger partial charge >= 0.3 is 0 Å². The first-order valence-electron chi connectivity index (χ1n) is 6.93. The minimum Gasteiger partial charge on any atom is -0.325 e. The summed E-state index contributed by atoms with van der Waals surface area (Å²) in [7, 11) is 0. The number of amides is 1. The number of thioether (sulfide) groups is 1. The van der Waals surface area contributed by atoms with E-state index in [4.69, 9.17) is 0 Å². The lowest BCUT2D eigenvalue weighted by molar-refractivity contribution is -0.115. The van der Waals surface area contributed by atoms with Crippen molar-refractivity contribution in [1.82, 2.24) is 5.32 Å². The smallest absolute Gasteiger partial charge is 0.238 e. The van der Waals surface area contributed by atoms with Crippen LogP contribution in [0.25, 0.3) is 0 Å². The van der Waals surface area contributed by atoms with E-state index in [9.17, 15) is 4.79 Å². The Morgan fingerprint density at radius 1 is 1.32 bits per heavy atom. The van der Waals surface area contributed by atoms with Gasteiger partial charge in [-0.25, -0.2) is 0 Å². The summed E-state index contributed by atoms with van der Waals surface area (Å²) in [4.78, 5) is 11.8. The molecule has 0 spiro atoms. The molecule has 4 heteroatoms. The van der Waals surface area contributed by atoms with E-state index in [2.05, 4.69) is 10.6 Å². The van der Waals surface area contributed by atoms with Gasteiger partial charge in [-0.05, 0) is 37.7 Å². The van der Waals surface area contributed by atoms with Gasteiger partial charge in [0.05, 0.1) is 6.54 Å². The second-order valence-electron chi connectivity index (χ2n) is 5.03. The predicted molar refractivity (Wildman–Crippen MR) is 82.8 cm³/mol. The molecule has 0 aromatic heterocycles. The molecule has 1 heterocycles. The van der Waals surface area contributed by atoms with E-state index in [1.807, 2.05) is 43.0 Å². The maximum absolute atomic E-state index is 11.8. The molecule has 3 nitrogen and oxygen atoms in total. The Labute approximate surface area is 119 Å². The highest BCUT2D eigenvalue weighted by Gasteiger charge is 2.13. The van der Waals surface area contributed by atoms with Crippen LogP contribution >= 0.6 is 11.8 Å². The van der Waals surface area contributed by atoms with Gasteiger partial charge in [-0.15, -0.1) is 0 Å². The molecular formula is C15H22N2OS. The van der Waals surface area contributed by atoms with Crippen molar-refractivity contribution in [2.45, 2.75) is 31.4 Å². The van der Waals surface area contributed by atoms with Crippen LogP contribution in [0.3, 0.4) is 0 Å². The summed E-state index contributed by atoms with van der Waals surface area (Å²) in [6.07, 6.45) is 3.95. The van der Waals surface area contributed by atoms with Gasteiger partial charge in [-0.2, -0.15) is 11.8 Å². The maximum atomic E-state index is 11.8. The van der Waals surface area contributed by atoms with Crippen LogP contribution in [-0.4, -0.2) is 30.0 Å². The molecule has 1 aliphatic rings. The second kappa shape index (κ2) is 7.56. The van der Waals surface area contributed by atoms with E-state index in [-0.39, 0.29) is 5.91 Å². The number of aryl methyl sites for hydroxylation is 1. The van der Waals surface area contributed by atoms with Crippen molar-refractivity contribution in [3.05, 3.63) is 29.8 Å². The van der Waals surface area contributed by atoms with Crippen LogP contribution in [0.2, 0.25) is 0 Å². The third-order valence-corrected chi connectivity index (χ3v) is 4.67. The van der Waals surface area contributed by atoms with Crippen LogP contribution in [-0.2, 0) is 4.79 Å². The summed E-state index contributed by atoms with van der Waals surface area (Å²) < 4.78 is 0. The zero-order valence-electron chi connectivity index (χ0n) is 11.4. The molecule has 2 rings (SSSR count). The van der Waals surface area contributed by atoms with Crippen LogP contribution in [0.1, 0.15) is 24.8 Å². The fraction of sp³-hybridized carbons (Fsp3) is 0.533. The summed E-state index contributed by atoms with van der Waals surface area (Å²) in [6.45, 7) is 3.37. The lowest BCUT2D eigenvalue weighted by Gasteiger charge is -2.21. The number of anilines is 1. The molecule has 1 atom stereocenters. The van der Waals surface area contributed by atoms with E-state index in [1.54, 1.807) is 0 Å². The Morgan fingerprint density at radius 3 is 2.79 bits per heavy atom. The number of hydrogen-bond donors (Lipinski definition) is 2. The van der Waals surface area contributed by atoms with Gasteiger partial charge in [0, 0.05) is 17.5 Å². The largest absolute Gasteiger partial charge is 0.325 e. The van der Waals surface area contributed by atoms with Crippen molar-refractivity contribution >= 4 is 23.4 Å². The predicted octanol–water partition coefficient (Wildman–Crippen LogP) is 2.81. The van der Waals surface area contributed by atoms with Crippen LogP contribution in [0.15, 0.2) is 24.3 Å². The van der Waals surface area contributed by atoms with E-state index < -0.39 is 0 Å². The Kier molecular flexibility index (Phi) is 5.73. The summed E-state index contributed by atoms with van der Waals surface area (Å²) in [5.74, 6) is 1.30. The first-order chi connectivity index (χ1) is 9.24. The van der Waals surface area contributed by atoms with Crippen LogP contribution in [0.5, 0.6) is 0 Å². The molecule has 19 heavy (non-hydrogen) atoms. The zero-order valence-corrected chi connectivity index (χ0v) is 12.3. The fourth-order valence-corrected chi connectivity index (χ4v) is 3.43. The SMILES string of the molecule is Cc1ccc(NC(=O)CNCC2CCCCS2)cc1. The minimum atomic E-state index is 0.0321. The van der Waals surface area contributed by atoms with Crippen molar-refractivity contribution in [3.8, 4) is 0 Å². The molecular weight excluding hydrogens is 256 g/mol. The average molecular weight is 278 g/mol. The number of benzene rings is 1. The second-order valence-corrected chi connectivity index (χ2v) is 6.44. The molecule has 1 unspecified atom stereocenters. The van der Waals surface area contributed by atoms with Crippen LogP contribution in [0, 0.1) is 6.92 Å². The van der Waals surface area contributed by atoms with E-state index in [0.29, 0.717) is 11.8 Å². The molecule has 104 valence electrons. The molecule has 1 fully saturated rings. The van der Waals surface area contributed by atoms with Crippen molar-refractivity contribution in [2.75, 3.05) is 24.2 Å². The number of nitrogens with one attached hydrogen (secondary N) is 2. The molecule has 1 amide bonds. The zero-order chi connectivity index (χ0) is 13.5. The number of carbonyl (C=O) groups is 1. The molecule has 1 aliphatic heterocycles. The first-order valence-corrected chi connectivity index (χ1v) is 7.98. The highest BCUT2D eigenvalue weighted by Crippen LogP contribution is 2.24. The Balaban J connectivity index is 1.65. The number of carbonyl (C=O) groups excluding carboxylic acids is 1. The molecule has 2 N–H and O–H groups in total. The Bertz CT molecular complexity index is 399. The molecule has 0 radical (unpaired) electrons. The molecule has 0 bridgehead atoms. The first kappa shape index (κ1) is 14.4. The van der Waals surface area contributed by atoms with Crippen LogP contribution in [0.4, 0.5) is 5.69 Å². The lowest BCUT2D eigenvalue weighted by atomic mass is 10.2. The summed E-state index contributed by atoms with van der Waals surface area (Å²) in [6, 6.07) is 7.87. The van der Waals surface area contributed by atoms with Gasteiger partial charge in [0.25, 0.3) is 0 Å².